The van der Waals surface area contributed by atoms with E-state index in [2.05, 4.69) is 106 Å². The first-order chi connectivity index (χ1) is 29.0. The Hall–Kier alpha value is -3.41. The van der Waals surface area contributed by atoms with Crippen molar-refractivity contribution < 1.29 is 28.6 Å². The highest BCUT2D eigenvalue weighted by molar-refractivity contribution is 5.71. The molecule has 0 rings (SSSR count). The minimum atomic E-state index is -0.810. The van der Waals surface area contributed by atoms with Gasteiger partial charge < -0.3 is 14.2 Å². The van der Waals surface area contributed by atoms with Gasteiger partial charge in [-0.15, -0.1) is 0 Å². The lowest BCUT2D eigenvalue weighted by Crippen LogP contribution is -2.30. The van der Waals surface area contributed by atoms with Crippen LogP contribution in [-0.2, 0) is 28.6 Å². The van der Waals surface area contributed by atoms with E-state index in [1.54, 1.807) is 0 Å². The maximum atomic E-state index is 12.7. The van der Waals surface area contributed by atoms with Gasteiger partial charge >= 0.3 is 17.9 Å². The molecule has 0 spiro atoms. The third kappa shape index (κ3) is 45.5. The number of unbranched alkanes of at least 4 members (excludes halogenated alkanes) is 18. The number of rotatable bonds is 42. The molecule has 0 aliphatic carbocycles. The number of hydrogen-bond acceptors (Lipinski definition) is 6. The molecular weight excluding hydrogens is 733 g/mol. The third-order valence-corrected chi connectivity index (χ3v) is 9.89. The van der Waals surface area contributed by atoms with Gasteiger partial charge in [-0.3, -0.25) is 14.4 Å². The highest BCUT2D eigenvalue weighted by Crippen LogP contribution is 2.13. The number of allylic oxidation sites excluding steroid dienone is 14. The molecule has 6 heteroatoms. The van der Waals surface area contributed by atoms with Crippen molar-refractivity contribution in [1.82, 2.24) is 0 Å². The molecule has 0 bridgehead atoms. The maximum absolute atomic E-state index is 12.7. The van der Waals surface area contributed by atoms with Gasteiger partial charge in [0.2, 0.25) is 0 Å². The molecule has 0 aromatic carbocycles. The van der Waals surface area contributed by atoms with Gasteiger partial charge in [-0.1, -0.05) is 183 Å². The van der Waals surface area contributed by atoms with E-state index in [4.69, 9.17) is 14.2 Å². The fraction of sp³-hybridized carbons (Fsp3) is 0.679. The Kier molecular flexibility index (Phi) is 44.5. The van der Waals surface area contributed by atoms with Crippen molar-refractivity contribution in [3.8, 4) is 0 Å². The van der Waals surface area contributed by atoms with Crippen molar-refractivity contribution in [2.75, 3.05) is 13.2 Å². The van der Waals surface area contributed by atoms with Crippen LogP contribution in [0.4, 0.5) is 0 Å². The Labute approximate surface area is 363 Å². The van der Waals surface area contributed by atoms with Crippen LogP contribution >= 0.6 is 0 Å². The van der Waals surface area contributed by atoms with E-state index in [0.29, 0.717) is 19.3 Å². The van der Waals surface area contributed by atoms with Crippen LogP contribution in [0.25, 0.3) is 0 Å². The Morgan fingerprint density at radius 3 is 1.22 bits per heavy atom. The average Bonchev–Trinajstić information content (AvgIpc) is 3.23. The smallest absolute Gasteiger partial charge is 0.306 e. The van der Waals surface area contributed by atoms with E-state index in [9.17, 15) is 14.4 Å². The zero-order chi connectivity index (χ0) is 43.0. The zero-order valence-corrected chi connectivity index (χ0v) is 38.2. The second-order valence-electron chi connectivity index (χ2n) is 15.6. The first-order valence-electron chi connectivity index (χ1n) is 24.1. The van der Waals surface area contributed by atoms with Crippen LogP contribution in [0.5, 0.6) is 0 Å². The van der Waals surface area contributed by atoms with Crippen LogP contribution in [0, 0.1) is 0 Å². The summed E-state index contributed by atoms with van der Waals surface area (Å²) in [4.78, 5) is 37.8. The quantitative estimate of drug-likeness (QED) is 0.0201. The van der Waals surface area contributed by atoms with Crippen molar-refractivity contribution in [3.63, 3.8) is 0 Å². The van der Waals surface area contributed by atoms with Gasteiger partial charge in [0.25, 0.3) is 0 Å². The summed E-state index contributed by atoms with van der Waals surface area (Å²) in [6, 6.07) is 0. The number of carbonyl (C=O) groups is 3. The number of hydrogen-bond donors (Lipinski definition) is 0. The summed E-state index contributed by atoms with van der Waals surface area (Å²) in [6.45, 7) is 6.31. The van der Waals surface area contributed by atoms with Crippen molar-refractivity contribution in [2.24, 2.45) is 0 Å². The van der Waals surface area contributed by atoms with Crippen molar-refractivity contribution in [1.29, 1.82) is 0 Å². The second kappa shape index (κ2) is 47.3. The first-order valence-corrected chi connectivity index (χ1v) is 24.1. The molecule has 0 aromatic heterocycles. The largest absolute Gasteiger partial charge is 0.462 e. The molecule has 0 aliphatic heterocycles. The van der Waals surface area contributed by atoms with Crippen LogP contribution in [0.1, 0.15) is 213 Å². The molecule has 0 amide bonds. The molecule has 0 aromatic rings. The van der Waals surface area contributed by atoms with E-state index in [1.165, 1.54) is 70.6 Å². The Morgan fingerprint density at radius 1 is 0.373 bits per heavy atom. The summed E-state index contributed by atoms with van der Waals surface area (Å²) in [5.41, 5.74) is 0. The van der Waals surface area contributed by atoms with Gasteiger partial charge in [0.15, 0.2) is 6.10 Å². The lowest BCUT2D eigenvalue weighted by molar-refractivity contribution is -0.167. The fourth-order valence-electron chi connectivity index (χ4n) is 6.32. The molecule has 0 saturated heterocycles. The minimum absolute atomic E-state index is 0.110. The minimum Gasteiger partial charge on any atom is -0.462 e. The van der Waals surface area contributed by atoms with Gasteiger partial charge in [0, 0.05) is 19.3 Å². The van der Waals surface area contributed by atoms with Gasteiger partial charge in [-0.05, 0) is 96.3 Å². The molecule has 0 aliphatic rings. The van der Waals surface area contributed by atoms with Gasteiger partial charge in [-0.25, -0.2) is 0 Å². The normalized spacial score (nSPS) is 12.8. The number of ether oxygens (including phenoxy) is 3. The molecule has 0 radical (unpaired) electrons. The molecule has 0 saturated carbocycles. The van der Waals surface area contributed by atoms with E-state index in [-0.39, 0.29) is 37.5 Å². The SMILES string of the molecule is CC/C=C\C/C=C\C/C=C\CCCC(=O)OCC(COC(=O)CCCCC/C=C\C=C/CCCCCCCCC)OC(=O)CCCCCCCCC/C=C\C/C=C\CC. The van der Waals surface area contributed by atoms with Crippen LogP contribution in [0.2, 0.25) is 0 Å². The molecular formula is C53H88O6. The first kappa shape index (κ1) is 55.6. The summed E-state index contributed by atoms with van der Waals surface area (Å²) in [5.74, 6) is -1.00. The summed E-state index contributed by atoms with van der Waals surface area (Å²) in [5, 5.41) is 0. The van der Waals surface area contributed by atoms with Crippen LogP contribution in [-0.4, -0.2) is 37.2 Å². The van der Waals surface area contributed by atoms with Gasteiger partial charge in [-0.2, -0.15) is 0 Å². The summed E-state index contributed by atoms with van der Waals surface area (Å²) in [6.07, 6.45) is 60.1. The number of esters is 3. The molecule has 0 heterocycles. The van der Waals surface area contributed by atoms with E-state index in [1.807, 2.05) is 0 Å². The lowest BCUT2D eigenvalue weighted by Gasteiger charge is -2.18. The lowest BCUT2D eigenvalue weighted by atomic mass is 10.1. The van der Waals surface area contributed by atoms with Gasteiger partial charge in [0.05, 0.1) is 0 Å². The van der Waals surface area contributed by atoms with E-state index >= 15 is 0 Å². The summed E-state index contributed by atoms with van der Waals surface area (Å²) >= 11 is 0. The summed E-state index contributed by atoms with van der Waals surface area (Å²) < 4.78 is 16.7. The predicted octanol–water partition coefficient (Wildman–Crippen LogP) is 15.6. The monoisotopic (exact) mass is 821 g/mol. The second-order valence-corrected chi connectivity index (χ2v) is 15.6. The van der Waals surface area contributed by atoms with Gasteiger partial charge in [0.1, 0.15) is 13.2 Å². The zero-order valence-electron chi connectivity index (χ0n) is 38.2. The van der Waals surface area contributed by atoms with Crippen molar-refractivity contribution in [3.05, 3.63) is 85.1 Å². The van der Waals surface area contributed by atoms with Crippen LogP contribution in [0.3, 0.4) is 0 Å². The molecule has 6 nitrogen and oxygen atoms in total. The highest BCUT2D eigenvalue weighted by atomic mass is 16.6. The predicted molar refractivity (Wildman–Crippen MR) is 251 cm³/mol. The van der Waals surface area contributed by atoms with E-state index < -0.39 is 6.10 Å². The third-order valence-electron chi connectivity index (χ3n) is 9.89. The Balaban J connectivity index is 4.48. The maximum Gasteiger partial charge on any atom is 0.306 e. The molecule has 59 heavy (non-hydrogen) atoms. The van der Waals surface area contributed by atoms with Crippen molar-refractivity contribution >= 4 is 17.9 Å². The number of carbonyl (C=O) groups excluding carboxylic acids is 3. The standard InChI is InChI=1S/C53H88O6/c1-4-7-10-13-16-19-22-24-26-27-29-31-34-37-40-43-46-52(55)58-49-50(48-57-51(54)45-42-39-36-33-30-21-18-15-12-9-6-3)59-53(56)47-44-41-38-35-32-28-25-23-20-17-14-11-8-5-2/h8-9,11-12,17-18,20-21,26-27,29,31,33,36,50H,4-7,10,13-16,19,22-25,28,30,32,34-35,37-49H2,1-3H3/b11-8-,12-9-,20-17-,21-18-,27-26-,31-29-,36-33-. The Bertz CT molecular complexity index is 1170. The van der Waals surface area contributed by atoms with Crippen LogP contribution in [0.15, 0.2) is 85.1 Å². The average molecular weight is 821 g/mol. The fourth-order valence-corrected chi connectivity index (χ4v) is 6.32. The summed E-state index contributed by atoms with van der Waals surface area (Å²) in [7, 11) is 0. The molecule has 1 atom stereocenters. The molecule has 336 valence electrons. The van der Waals surface area contributed by atoms with Crippen molar-refractivity contribution in [2.45, 2.75) is 219 Å². The highest BCUT2D eigenvalue weighted by Gasteiger charge is 2.19. The Morgan fingerprint density at radius 2 is 0.729 bits per heavy atom. The van der Waals surface area contributed by atoms with E-state index in [0.717, 1.165) is 96.3 Å². The molecule has 0 fully saturated rings. The molecule has 1 unspecified atom stereocenters. The topological polar surface area (TPSA) is 78.9 Å². The van der Waals surface area contributed by atoms with Crippen LogP contribution < -0.4 is 0 Å². The molecule has 0 N–H and O–H groups in total.